The van der Waals surface area contributed by atoms with Crippen molar-refractivity contribution in [2.45, 2.75) is 29.0 Å². The Balaban J connectivity index is 1.78. The van der Waals surface area contributed by atoms with Gasteiger partial charge in [-0.3, -0.25) is 11.3 Å². The van der Waals surface area contributed by atoms with Crippen LogP contribution in [0.1, 0.15) is 11.1 Å². The molecule has 0 spiro atoms. The van der Waals surface area contributed by atoms with Gasteiger partial charge >= 0.3 is 0 Å². The molecular formula is C16H16ClFN2S. The van der Waals surface area contributed by atoms with Gasteiger partial charge in [0.2, 0.25) is 0 Å². The van der Waals surface area contributed by atoms with E-state index >= 15 is 0 Å². The number of nitrogens with one attached hydrogen (secondary N) is 1. The van der Waals surface area contributed by atoms with Crippen LogP contribution in [0.25, 0.3) is 0 Å². The maximum atomic E-state index is 13.9. The Kier molecular flexibility index (Phi) is 4.50. The molecule has 2 nitrogen and oxygen atoms in total. The predicted molar refractivity (Wildman–Crippen MR) is 86.0 cm³/mol. The van der Waals surface area contributed by atoms with Crippen molar-refractivity contribution >= 4 is 23.4 Å². The summed E-state index contributed by atoms with van der Waals surface area (Å²) in [6.07, 6.45) is 1.41. The molecule has 1 aliphatic rings. The number of hydrogen-bond donors (Lipinski definition) is 2. The molecule has 5 heteroatoms. The van der Waals surface area contributed by atoms with Crippen molar-refractivity contribution < 1.29 is 4.39 Å². The first kappa shape index (κ1) is 14.9. The van der Waals surface area contributed by atoms with E-state index in [4.69, 9.17) is 17.4 Å². The lowest BCUT2D eigenvalue weighted by Gasteiger charge is -2.22. The Morgan fingerprint density at radius 1 is 1.29 bits per heavy atom. The van der Waals surface area contributed by atoms with Crippen LogP contribution in [0.15, 0.2) is 47.4 Å². The second-order valence-electron chi connectivity index (χ2n) is 5.15. The van der Waals surface area contributed by atoms with Gasteiger partial charge in [-0.25, -0.2) is 4.39 Å². The third-order valence-corrected chi connectivity index (χ3v) is 5.62. The van der Waals surface area contributed by atoms with E-state index in [-0.39, 0.29) is 17.1 Å². The van der Waals surface area contributed by atoms with Crippen molar-refractivity contribution in [3.05, 3.63) is 64.4 Å². The van der Waals surface area contributed by atoms with Crippen LogP contribution in [-0.2, 0) is 12.8 Å². The molecule has 3 N–H and O–H groups in total. The van der Waals surface area contributed by atoms with Crippen molar-refractivity contribution in [2.24, 2.45) is 5.84 Å². The van der Waals surface area contributed by atoms with Crippen molar-refractivity contribution in [2.75, 3.05) is 0 Å². The summed E-state index contributed by atoms with van der Waals surface area (Å²) in [6.45, 7) is 0. The van der Waals surface area contributed by atoms with Gasteiger partial charge in [-0.05, 0) is 36.6 Å². The van der Waals surface area contributed by atoms with Crippen molar-refractivity contribution in [3.8, 4) is 0 Å². The third-order valence-electron chi connectivity index (χ3n) is 3.82. The Morgan fingerprint density at radius 3 is 2.81 bits per heavy atom. The van der Waals surface area contributed by atoms with E-state index in [0.717, 1.165) is 6.42 Å². The summed E-state index contributed by atoms with van der Waals surface area (Å²) >= 11 is 7.90. The summed E-state index contributed by atoms with van der Waals surface area (Å²) in [5.41, 5.74) is 4.69. The van der Waals surface area contributed by atoms with E-state index in [1.165, 1.54) is 16.5 Å². The molecule has 1 heterocycles. The second-order valence-corrected chi connectivity index (χ2v) is 6.83. The summed E-state index contributed by atoms with van der Waals surface area (Å²) in [6, 6.07) is 13.1. The van der Waals surface area contributed by atoms with Gasteiger partial charge in [0.1, 0.15) is 5.82 Å². The standard InChI is InChI=1S/C16H16ClFN2S/c17-12-5-3-6-13(18)11(12)9-14(20-19)16-8-10-4-1-2-7-15(10)21-16/h1-7,14,16,20H,8-9,19H2. The molecule has 0 radical (unpaired) electrons. The summed E-state index contributed by atoms with van der Waals surface area (Å²) in [4.78, 5) is 1.28. The maximum Gasteiger partial charge on any atom is 0.127 e. The van der Waals surface area contributed by atoms with Gasteiger partial charge in [0.05, 0.1) is 0 Å². The second kappa shape index (κ2) is 6.36. The highest BCUT2D eigenvalue weighted by Gasteiger charge is 2.29. The lowest BCUT2D eigenvalue weighted by atomic mass is 9.99. The highest BCUT2D eigenvalue weighted by atomic mass is 35.5. The molecule has 0 aliphatic carbocycles. The summed E-state index contributed by atoms with van der Waals surface area (Å²) in [7, 11) is 0. The zero-order valence-corrected chi connectivity index (χ0v) is 12.9. The van der Waals surface area contributed by atoms with Crippen LogP contribution in [0.3, 0.4) is 0 Å². The molecule has 2 aromatic rings. The smallest absolute Gasteiger partial charge is 0.127 e. The van der Waals surface area contributed by atoms with E-state index in [0.29, 0.717) is 17.0 Å². The molecule has 1 aliphatic heterocycles. The quantitative estimate of drug-likeness (QED) is 0.667. The normalized spacial score (nSPS) is 18.5. The van der Waals surface area contributed by atoms with Crippen molar-refractivity contribution in [1.29, 1.82) is 0 Å². The van der Waals surface area contributed by atoms with Crippen LogP contribution < -0.4 is 11.3 Å². The summed E-state index contributed by atoms with van der Waals surface area (Å²) in [5.74, 6) is 5.43. The average molecular weight is 323 g/mol. The van der Waals surface area contributed by atoms with Crippen molar-refractivity contribution in [1.82, 2.24) is 5.43 Å². The molecule has 0 fully saturated rings. The fourth-order valence-electron chi connectivity index (χ4n) is 2.68. The monoisotopic (exact) mass is 322 g/mol. The van der Waals surface area contributed by atoms with E-state index in [1.807, 2.05) is 12.1 Å². The number of halogens is 2. The Hall–Kier alpha value is -1.07. The maximum absolute atomic E-state index is 13.9. The topological polar surface area (TPSA) is 38.0 Å². The molecule has 2 atom stereocenters. The molecule has 0 saturated heterocycles. The molecular weight excluding hydrogens is 307 g/mol. The first-order chi connectivity index (χ1) is 10.2. The lowest BCUT2D eigenvalue weighted by molar-refractivity contribution is 0.493. The fourth-order valence-corrected chi connectivity index (χ4v) is 4.31. The molecule has 110 valence electrons. The van der Waals surface area contributed by atoms with Gasteiger partial charge in [0.25, 0.3) is 0 Å². The molecule has 3 rings (SSSR count). The molecule has 0 amide bonds. The molecule has 0 aromatic heterocycles. The molecule has 2 unspecified atom stereocenters. The van der Waals surface area contributed by atoms with E-state index < -0.39 is 0 Å². The van der Waals surface area contributed by atoms with Crippen LogP contribution in [0.4, 0.5) is 4.39 Å². The minimum Gasteiger partial charge on any atom is -0.271 e. The molecule has 21 heavy (non-hydrogen) atoms. The van der Waals surface area contributed by atoms with Gasteiger partial charge in [0.15, 0.2) is 0 Å². The summed E-state index contributed by atoms with van der Waals surface area (Å²) < 4.78 is 13.9. The third kappa shape index (κ3) is 3.09. The molecule has 0 bridgehead atoms. The number of thioether (sulfide) groups is 1. The molecule has 0 saturated carbocycles. The first-order valence-electron chi connectivity index (χ1n) is 6.82. The van der Waals surface area contributed by atoms with E-state index in [9.17, 15) is 4.39 Å². The number of hydrazine groups is 1. The van der Waals surface area contributed by atoms with Gasteiger partial charge in [-0.1, -0.05) is 35.9 Å². The van der Waals surface area contributed by atoms with Crippen LogP contribution in [0, 0.1) is 5.82 Å². The van der Waals surface area contributed by atoms with Crippen molar-refractivity contribution in [3.63, 3.8) is 0 Å². The fraction of sp³-hybridized carbons (Fsp3) is 0.250. The zero-order valence-electron chi connectivity index (χ0n) is 11.4. The Morgan fingerprint density at radius 2 is 2.10 bits per heavy atom. The van der Waals surface area contributed by atoms with Crippen LogP contribution in [0.5, 0.6) is 0 Å². The lowest BCUT2D eigenvalue weighted by Crippen LogP contribution is -2.44. The van der Waals surface area contributed by atoms with Crippen LogP contribution in [-0.4, -0.2) is 11.3 Å². The van der Waals surface area contributed by atoms with Crippen LogP contribution in [0.2, 0.25) is 5.02 Å². The highest BCUT2D eigenvalue weighted by molar-refractivity contribution is 8.00. The highest BCUT2D eigenvalue weighted by Crippen LogP contribution is 2.39. The molecule has 2 aromatic carbocycles. The number of hydrogen-bond acceptors (Lipinski definition) is 3. The van der Waals surface area contributed by atoms with E-state index in [1.54, 1.807) is 23.9 Å². The largest absolute Gasteiger partial charge is 0.271 e. The zero-order chi connectivity index (χ0) is 14.8. The minimum atomic E-state index is -0.275. The summed E-state index contributed by atoms with van der Waals surface area (Å²) in [5, 5.41) is 0.735. The van der Waals surface area contributed by atoms with Gasteiger partial charge in [-0.15, -0.1) is 11.8 Å². The average Bonchev–Trinajstić information content (AvgIpc) is 2.90. The minimum absolute atomic E-state index is 0.0307. The van der Waals surface area contributed by atoms with E-state index in [2.05, 4.69) is 17.6 Å². The SMILES string of the molecule is NNC(Cc1c(F)cccc1Cl)C1Cc2ccccc2S1. The van der Waals surface area contributed by atoms with Crippen LogP contribution >= 0.6 is 23.4 Å². The first-order valence-corrected chi connectivity index (χ1v) is 8.08. The Labute approximate surface area is 132 Å². The number of rotatable bonds is 4. The number of benzene rings is 2. The Bertz CT molecular complexity index is 605. The predicted octanol–water partition coefficient (Wildman–Crippen LogP) is 3.57. The van der Waals surface area contributed by atoms with Gasteiger partial charge in [0, 0.05) is 26.8 Å². The van der Waals surface area contributed by atoms with Gasteiger partial charge < -0.3 is 0 Å². The number of nitrogens with two attached hydrogens (primary N) is 1. The number of fused-ring (bicyclic) bond motifs is 1. The van der Waals surface area contributed by atoms with Gasteiger partial charge in [-0.2, -0.15) is 0 Å².